The van der Waals surface area contributed by atoms with E-state index in [0.717, 1.165) is 19.4 Å². The summed E-state index contributed by atoms with van der Waals surface area (Å²) >= 11 is 11.7. The molecule has 1 unspecified atom stereocenters. The Labute approximate surface area is 130 Å². The van der Waals surface area contributed by atoms with Crippen molar-refractivity contribution in [2.45, 2.75) is 30.2 Å². The standard InChI is InChI=1S/C13H18Cl2N2O2S/c1-17-8-2-3-11(17)6-7-16-20(18,19)13-5-4-10(14)9-12(13)15/h4-5,9,11,16H,2-3,6-8H2,1H3. The first-order valence-electron chi connectivity index (χ1n) is 6.55. The summed E-state index contributed by atoms with van der Waals surface area (Å²) < 4.78 is 26.9. The molecule has 1 aliphatic rings. The third kappa shape index (κ3) is 3.86. The molecule has 4 nitrogen and oxygen atoms in total. The van der Waals surface area contributed by atoms with E-state index in [1.807, 2.05) is 0 Å². The van der Waals surface area contributed by atoms with E-state index in [0.29, 0.717) is 17.6 Å². The van der Waals surface area contributed by atoms with Crippen molar-refractivity contribution in [2.75, 3.05) is 20.1 Å². The van der Waals surface area contributed by atoms with Crippen LogP contribution in [0.5, 0.6) is 0 Å². The van der Waals surface area contributed by atoms with Crippen molar-refractivity contribution in [3.8, 4) is 0 Å². The summed E-state index contributed by atoms with van der Waals surface area (Å²) in [6.07, 6.45) is 3.11. The summed E-state index contributed by atoms with van der Waals surface area (Å²) in [5, 5.41) is 0.560. The number of hydrogen-bond acceptors (Lipinski definition) is 3. The fourth-order valence-corrected chi connectivity index (χ4v) is 4.29. The van der Waals surface area contributed by atoms with Crippen LogP contribution >= 0.6 is 23.2 Å². The van der Waals surface area contributed by atoms with Gasteiger partial charge in [-0.15, -0.1) is 0 Å². The highest BCUT2D eigenvalue weighted by atomic mass is 35.5. The topological polar surface area (TPSA) is 49.4 Å². The molecule has 1 atom stereocenters. The first kappa shape index (κ1) is 16.0. The Kier molecular flexibility index (Phi) is 5.31. The molecule has 0 radical (unpaired) electrons. The van der Waals surface area contributed by atoms with Gasteiger partial charge in [0.25, 0.3) is 0 Å². The van der Waals surface area contributed by atoms with E-state index in [-0.39, 0.29) is 9.92 Å². The van der Waals surface area contributed by atoms with Gasteiger partial charge in [-0.25, -0.2) is 13.1 Å². The van der Waals surface area contributed by atoms with E-state index in [9.17, 15) is 8.42 Å². The summed E-state index contributed by atoms with van der Waals surface area (Å²) in [5.74, 6) is 0. The van der Waals surface area contributed by atoms with Gasteiger partial charge in [-0.05, 0) is 51.1 Å². The highest BCUT2D eigenvalue weighted by Gasteiger charge is 2.22. The highest BCUT2D eigenvalue weighted by molar-refractivity contribution is 7.89. The molecule has 1 N–H and O–H groups in total. The highest BCUT2D eigenvalue weighted by Crippen LogP contribution is 2.25. The first-order valence-corrected chi connectivity index (χ1v) is 8.79. The Balaban J connectivity index is 1.97. The molecule has 0 saturated carbocycles. The molecular formula is C13H18Cl2N2O2S. The van der Waals surface area contributed by atoms with Gasteiger partial charge in [0, 0.05) is 17.6 Å². The van der Waals surface area contributed by atoms with Crippen molar-refractivity contribution in [1.29, 1.82) is 0 Å². The molecular weight excluding hydrogens is 319 g/mol. The second kappa shape index (κ2) is 6.62. The van der Waals surface area contributed by atoms with Crippen LogP contribution < -0.4 is 4.72 Å². The fraction of sp³-hybridized carbons (Fsp3) is 0.538. The predicted octanol–water partition coefficient (Wildman–Crippen LogP) is 2.76. The lowest BCUT2D eigenvalue weighted by Gasteiger charge is -2.19. The maximum atomic E-state index is 12.2. The second-order valence-corrected chi connectivity index (χ2v) is 7.62. The minimum absolute atomic E-state index is 0.0725. The van der Waals surface area contributed by atoms with E-state index in [2.05, 4.69) is 16.7 Å². The molecule has 1 fully saturated rings. The molecule has 0 aliphatic carbocycles. The molecule has 0 aromatic heterocycles. The average Bonchev–Trinajstić information content (AvgIpc) is 2.74. The number of rotatable bonds is 5. The second-order valence-electron chi connectivity index (χ2n) is 5.04. The van der Waals surface area contributed by atoms with Crippen LogP contribution in [0.3, 0.4) is 0 Å². The summed E-state index contributed by atoms with van der Waals surface area (Å²) in [7, 11) is -1.50. The molecule has 1 saturated heterocycles. The van der Waals surface area contributed by atoms with E-state index in [1.54, 1.807) is 0 Å². The number of nitrogens with zero attached hydrogens (tertiary/aromatic N) is 1. The van der Waals surface area contributed by atoms with Crippen LogP contribution in [-0.2, 0) is 10.0 Å². The van der Waals surface area contributed by atoms with Gasteiger partial charge in [0.1, 0.15) is 4.90 Å². The molecule has 112 valence electrons. The Hall–Kier alpha value is -0.330. The van der Waals surface area contributed by atoms with Gasteiger partial charge < -0.3 is 4.90 Å². The molecule has 1 aromatic carbocycles. The minimum atomic E-state index is -3.58. The maximum Gasteiger partial charge on any atom is 0.242 e. The molecule has 1 heterocycles. The van der Waals surface area contributed by atoms with Crippen molar-refractivity contribution < 1.29 is 8.42 Å². The van der Waals surface area contributed by atoms with Gasteiger partial charge in [-0.2, -0.15) is 0 Å². The third-order valence-corrected chi connectivity index (χ3v) is 5.80. The fourth-order valence-electron chi connectivity index (χ4n) is 2.47. The number of halogens is 2. The van der Waals surface area contributed by atoms with E-state index in [1.165, 1.54) is 24.6 Å². The van der Waals surface area contributed by atoms with Crippen LogP contribution in [0.2, 0.25) is 10.0 Å². The maximum absolute atomic E-state index is 12.2. The molecule has 0 bridgehead atoms. The molecule has 1 aromatic rings. The smallest absolute Gasteiger partial charge is 0.242 e. The van der Waals surface area contributed by atoms with Crippen LogP contribution in [0.4, 0.5) is 0 Å². The van der Waals surface area contributed by atoms with Gasteiger partial charge in [0.2, 0.25) is 10.0 Å². The van der Waals surface area contributed by atoms with Crippen molar-refractivity contribution in [3.63, 3.8) is 0 Å². The summed E-state index contributed by atoms with van der Waals surface area (Å²) in [4.78, 5) is 2.34. The van der Waals surface area contributed by atoms with Crippen molar-refractivity contribution in [3.05, 3.63) is 28.2 Å². The van der Waals surface area contributed by atoms with Crippen LogP contribution in [0.1, 0.15) is 19.3 Å². The molecule has 1 aliphatic heterocycles. The van der Waals surface area contributed by atoms with Crippen LogP contribution in [0.25, 0.3) is 0 Å². The predicted molar refractivity (Wildman–Crippen MR) is 81.9 cm³/mol. The Morgan fingerprint density at radius 1 is 1.40 bits per heavy atom. The lowest BCUT2D eigenvalue weighted by atomic mass is 10.1. The number of benzene rings is 1. The van der Waals surface area contributed by atoms with Crippen LogP contribution in [-0.4, -0.2) is 39.5 Å². The van der Waals surface area contributed by atoms with Crippen LogP contribution in [0, 0.1) is 0 Å². The van der Waals surface area contributed by atoms with Gasteiger partial charge in [0.05, 0.1) is 5.02 Å². The van der Waals surface area contributed by atoms with E-state index < -0.39 is 10.0 Å². The third-order valence-electron chi connectivity index (χ3n) is 3.62. The first-order chi connectivity index (χ1) is 9.40. The monoisotopic (exact) mass is 336 g/mol. The molecule has 20 heavy (non-hydrogen) atoms. The lowest BCUT2D eigenvalue weighted by Crippen LogP contribution is -2.31. The zero-order valence-corrected chi connectivity index (χ0v) is 13.6. The number of sulfonamides is 1. The van der Waals surface area contributed by atoms with Gasteiger partial charge in [-0.1, -0.05) is 23.2 Å². The Bertz CT molecular complexity index is 578. The number of likely N-dealkylation sites (tertiary alicyclic amines) is 1. The van der Waals surface area contributed by atoms with E-state index in [4.69, 9.17) is 23.2 Å². The van der Waals surface area contributed by atoms with Crippen LogP contribution in [0.15, 0.2) is 23.1 Å². The van der Waals surface area contributed by atoms with Gasteiger partial charge in [0.15, 0.2) is 0 Å². The molecule has 7 heteroatoms. The van der Waals surface area contributed by atoms with Crippen molar-refractivity contribution in [2.24, 2.45) is 0 Å². The van der Waals surface area contributed by atoms with Gasteiger partial charge >= 0.3 is 0 Å². The SMILES string of the molecule is CN1CCCC1CCNS(=O)(=O)c1ccc(Cl)cc1Cl. The Morgan fingerprint density at radius 2 is 2.15 bits per heavy atom. The zero-order valence-electron chi connectivity index (χ0n) is 11.3. The largest absolute Gasteiger partial charge is 0.303 e. The summed E-state index contributed by atoms with van der Waals surface area (Å²) in [6, 6.07) is 4.84. The summed E-state index contributed by atoms with van der Waals surface area (Å²) in [5.41, 5.74) is 0. The number of hydrogen-bond donors (Lipinski definition) is 1. The zero-order chi connectivity index (χ0) is 14.8. The molecule has 0 spiro atoms. The normalized spacial score (nSPS) is 20.4. The van der Waals surface area contributed by atoms with Crippen molar-refractivity contribution >= 4 is 33.2 Å². The minimum Gasteiger partial charge on any atom is -0.303 e. The number of nitrogens with one attached hydrogen (secondary N) is 1. The Morgan fingerprint density at radius 3 is 2.75 bits per heavy atom. The molecule has 0 amide bonds. The van der Waals surface area contributed by atoms with E-state index >= 15 is 0 Å². The lowest BCUT2D eigenvalue weighted by molar-refractivity contribution is 0.297. The average molecular weight is 337 g/mol. The van der Waals surface area contributed by atoms with Gasteiger partial charge in [-0.3, -0.25) is 0 Å². The van der Waals surface area contributed by atoms with Crippen molar-refractivity contribution in [1.82, 2.24) is 9.62 Å². The molecule has 2 rings (SSSR count). The summed E-state index contributed by atoms with van der Waals surface area (Å²) in [6.45, 7) is 1.50. The quantitative estimate of drug-likeness (QED) is 0.899.